The van der Waals surface area contributed by atoms with Crippen molar-refractivity contribution >= 4 is 23.2 Å². The van der Waals surface area contributed by atoms with Crippen LogP contribution in [0.15, 0.2) is 42.5 Å². The normalized spacial score (nSPS) is 14.1. The number of nitrogens with one attached hydrogen (secondary N) is 1. The Kier molecular flexibility index (Phi) is 7.63. The Morgan fingerprint density at radius 2 is 1.71 bits per heavy atom. The lowest BCUT2D eigenvalue weighted by molar-refractivity contribution is -0.132. The Morgan fingerprint density at radius 3 is 2.39 bits per heavy atom. The van der Waals surface area contributed by atoms with Crippen LogP contribution < -0.4 is 10.2 Å². The van der Waals surface area contributed by atoms with Gasteiger partial charge in [-0.15, -0.1) is 0 Å². The number of benzene rings is 2. The maximum absolute atomic E-state index is 13.1. The molecular formula is C24H31FN4O2. The van der Waals surface area contributed by atoms with E-state index in [-0.39, 0.29) is 24.2 Å². The average Bonchev–Trinajstić information content (AvgIpc) is 2.76. The first-order valence-corrected chi connectivity index (χ1v) is 10.7. The number of hydrogen-bond acceptors (Lipinski definition) is 4. The Hall–Kier alpha value is -2.93. The largest absolute Gasteiger partial charge is 0.368 e. The van der Waals surface area contributed by atoms with Crippen molar-refractivity contribution in [1.82, 2.24) is 9.80 Å². The number of hydrogen-bond donors (Lipinski definition) is 1. The Morgan fingerprint density at radius 1 is 1.03 bits per heavy atom. The molecule has 0 atom stereocenters. The molecule has 1 aliphatic rings. The van der Waals surface area contributed by atoms with Crippen LogP contribution in [-0.4, -0.2) is 67.9 Å². The van der Waals surface area contributed by atoms with Gasteiger partial charge in [0.1, 0.15) is 5.82 Å². The maximum atomic E-state index is 13.1. The van der Waals surface area contributed by atoms with Gasteiger partial charge in [-0.1, -0.05) is 12.1 Å². The fourth-order valence-electron chi connectivity index (χ4n) is 3.71. The molecule has 1 aliphatic heterocycles. The molecule has 1 heterocycles. The highest BCUT2D eigenvalue weighted by molar-refractivity contribution is 5.93. The van der Waals surface area contributed by atoms with Gasteiger partial charge >= 0.3 is 0 Å². The molecule has 2 aromatic rings. The number of rotatable bonds is 7. The van der Waals surface area contributed by atoms with E-state index in [1.54, 1.807) is 12.1 Å². The van der Waals surface area contributed by atoms with Crippen LogP contribution in [0.5, 0.6) is 0 Å². The van der Waals surface area contributed by atoms with Gasteiger partial charge in [0.2, 0.25) is 11.8 Å². The molecular weight excluding hydrogens is 395 g/mol. The second kappa shape index (κ2) is 10.4. The van der Waals surface area contributed by atoms with Crippen molar-refractivity contribution in [2.24, 2.45) is 0 Å². The highest BCUT2D eigenvalue weighted by Gasteiger charge is 2.21. The molecule has 7 heteroatoms. The number of carbonyl (C=O) groups is 2. The maximum Gasteiger partial charge on any atom is 0.238 e. The molecule has 2 aromatic carbocycles. The van der Waals surface area contributed by atoms with Crippen LogP contribution in [0, 0.1) is 19.7 Å². The zero-order chi connectivity index (χ0) is 22.4. The number of halogens is 1. The molecule has 1 saturated heterocycles. The molecule has 166 valence electrons. The second-order valence-electron chi connectivity index (χ2n) is 8.13. The van der Waals surface area contributed by atoms with Crippen LogP contribution in [0.2, 0.25) is 0 Å². The summed E-state index contributed by atoms with van der Waals surface area (Å²) in [7, 11) is 1.85. The molecule has 0 spiro atoms. The molecule has 3 rings (SSSR count). The highest BCUT2D eigenvalue weighted by atomic mass is 19.1. The summed E-state index contributed by atoms with van der Waals surface area (Å²) in [6.07, 6.45) is 0.379. The van der Waals surface area contributed by atoms with Crippen LogP contribution in [-0.2, 0) is 9.59 Å². The summed E-state index contributed by atoms with van der Waals surface area (Å²) < 4.78 is 13.1. The van der Waals surface area contributed by atoms with Crippen molar-refractivity contribution in [2.45, 2.75) is 20.3 Å². The fraction of sp³-hybridized carbons (Fsp3) is 0.417. The van der Waals surface area contributed by atoms with Gasteiger partial charge in [-0.25, -0.2) is 4.39 Å². The smallest absolute Gasteiger partial charge is 0.238 e. The first kappa shape index (κ1) is 22.7. The monoisotopic (exact) mass is 426 g/mol. The minimum atomic E-state index is -0.246. The minimum absolute atomic E-state index is 0.0865. The van der Waals surface area contributed by atoms with E-state index >= 15 is 0 Å². The van der Waals surface area contributed by atoms with E-state index in [9.17, 15) is 14.0 Å². The number of anilines is 2. The van der Waals surface area contributed by atoms with Gasteiger partial charge in [0.25, 0.3) is 0 Å². The number of piperazine rings is 1. The van der Waals surface area contributed by atoms with Gasteiger partial charge < -0.3 is 15.1 Å². The van der Waals surface area contributed by atoms with Gasteiger partial charge in [0.15, 0.2) is 0 Å². The Balaban J connectivity index is 1.39. The van der Waals surface area contributed by atoms with E-state index in [1.807, 2.05) is 48.9 Å². The van der Waals surface area contributed by atoms with Crippen molar-refractivity contribution in [3.8, 4) is 0 Å². The van der Waals surface area contributed by atoms with E-state index in [1.165, 1.54) is 12.1 Å². The van der Waals surface area contributed by atoms with E-state index in [4.69, 9.17) is 0 Å². The zero-order valence-electron chi connectivity index (χ0n) is 18.5. The van der Waals surface area contributed by atoms with Crippen LogP contribution in [0.25, 0.3) is 0 Å². The van der Waals surface area contributed by atoms with Crippen molar-refractivity contribution in [2.75, 3.05) is 56.5 Å². The van der Waals surface area contributed by atoms with E-state index in [0.717, 1.165) is 35.6 Å². The van der Waals surface area contributed by atoms with Crippen molar-refractivity contribution < 1.29 is 14.0 Å². The van der Waals surface area contributed by atoms with Gasteiger partial charge in [-0.3, -0.25) is 14.5 Å². The van der Waals surface area contributed by atoms with Crippen LogP contribution in [0.3, 0.4) is 0 Å². The lowest BCUT2D eigenvalue weighted by Gasteiger charge is -2.36. The first-order valence-electron chi connectivity index (χ1n) is 10.7. The topological polar surface area (TPSA) is 55.9 Å². The molecule has 0 bridgehead atoms. The average molecular weight is 427 g/mol. The number of amides is 2. The molecule has 0 aromatic heterocycles. The zero-order valence-corrected chi connectivity index (χ0v) is 18.5. The molecule has 0 aliphatic carbocycles. The number of nitrogens with zero attached hydrogens (tertiary/aromatic N) is 3. The molecule has 2 amide bonds. The van der Waals surface area contributed by atoms with E-state index in [2.05, 4.69) is 10.2 Å². The van der Waals surface area contributed by atoms with Crippen molar-refractivity contribution in [3.05, 3.63) is 59.4 Å². The first-order chi connectivity index (χ1) is 14.8. The van der Waals surface area contributed by atoms with Crippen LogP contribution in [0.1, 0.15) is 17.5 Å². The fourth-order valence-corrected chi connectivity index (χ4v) is 3.71. The SMILES string of the molecule is Cc1cccc(NC(=O)CN(C)CCC(=O)N2CCN(c3ccc(F)cc3)CC2)c1C. The highest BCUT2D eigenvalue weighted by Crippen LogP contribution is 2.18. The van der Waals surface area contributed by atoms with Crippen molar-refractivity contribution in [3.63, 3.8) is 0 Å². The van der Waals surface area contributed by atoms with Gasteiger partial charge in [0, 0.05) is 50.5 Å². The van der Waals surface area contributed by atoms with Crippen molar-refractivity contribution in [1.29, 1.82) is 0 Å². The molecule has 0 unspecified atom stereocenters. The van der Waals surface area contributed by atoms with Gasteiger partial charge in [0.05, 0.1) is 6.54 Å². The Bertz CT molecular complexity index is 908. The molecule has 0 saturated carbocycles. The molecule has 6 nitrogen and oxygen atoms in total. The quantitative estimate of drug-likeness (QED) is 0.740. The summed E-state index contributed by atoms with van der Waals surface area (Å²) in [5, 5.41) is 2.95. The third-order valence-corrected chi connectivity index (χ3v) is 5.82. The van der Waals surface area contributed by atoms with Gasteiger partial charge in [-0.05, 0) is 62.4 Å². The minimum Gasteiger partial charge on any atom is -0.368 e. The molecule has 1 N–H and O–H groups in total. The summed E-state index contributed by atoms with van der Waals surface area (Å²) >= 11 is 0. The summed E-state index contributed by atoms with van der Waals surface area (Å²) in [5.41, 5.74) is 4.00. The number of carbonyl (C=O) groups excluding carboxylic acids is 2. The standard InChI is InChI=1S/C24H31FN4O2/c1-18-5-4-6-22(19(18)2)26-23(30)17-27(3)12-11-24(31)29-15-13-28(14-16-29)21-9-7-20(25)8-10-21/h4-10H,11-17H2,1-3H3,(H,26,30). The molecule has 1 fully saturated rings. The molecule has 31 heavy (non-hydrogen) atoms. The summed E-state index contributed by atoms with van der Waals surface area (Å²) in [6, 6.07) is 12.3. The summed E-state index contributed by atoms with van der Waals surface area (Å²) in [5.74, 6) is -0.235. The van der Waals surface area contributed by atoms with Crippen LogP contribution in [0.4, 0.5) is 15.8 Å². The second-order valence-corrected chi connectivity index (χ2v) is 8.13. The third kappa shape index (κ3) is 6.28. The van der Waals surface area contributed by atoms with Crippen LogP contribution >= 0.6 is 0 Å². The predicted octanol–water partition coefficient (Wildman–Crippen LogP) is 3.05. The van der Waals surface area contributed by atoms with Gasteiger partial charge in [-0.2, -0.15) is 0 Å². The van der Waals surface area contributed by atoms with E-state index in [0.29, 0.717) is 26.1 Å². The molecule has 0 radical (unpaired) electrons. The number of aryl methyl sites for hydroxylation is 1. The number of likely N-dealkylation sites (N-methyl/N-ethyl adjacent to an activating group) is 1. The lowest BCUT2D eigenvalue weighted by atomic mass is 10.1. The Labute approximate surface area is 183 Å². The summed E-state index contributed by atoms with van der Waals surface area (Å²) in [6.45, 7) is 7.51. The summed E-state index contributed by atoms with van der Waals surface area (Å²) in [4.78, 5) is 30.8. The predicted molar refractivity (Wildman–Crippen MR) is 122 cm³/mol. The van der Waals surface area contributed by atoms with E-state index < -0.39 is 0 Å². The lowest BCUT2D eigenvalue weighted by Crippen LogP contribution is -2.49. The third-order valence-electron chi connectivity index (χ3n) is 5.82.